The fraction of sp³-hybridized carbons (Fsp3) is 0.273. The van der Waals surface area contributed by atoms with E-state index in [1.807, 2.05) is 4.90 Å². The minimum atomic E-state index is -0.424. The van der Waals surface area contributed by atoms with Gasteiger partial charge in [-0.1, -0.05) is 17.4 Å². The van der Waals surface area contributed by atoms with Crippen LogP contribution in [0.15, 0.2) is 48.5 Å². The lowest BCUT2D eigenvalue weighted by molar-refractivity contribution is 0.0712. The third-order valence-corrected chi connectivity index (χ3v) is 6.27. The van der Waals surface area contributed by atoms with Crippen molar-refractivity contribution in [2.24, 2.45) is 0 Å². The highest BCUT2D eigenvalue weighted by Crippen LogP contribution is 2.31. The molecule has 1 aliphatic rings. The molecule has 31 heavy (non-hydrogen) atoms. The number of piperidine rings is 1. The molecule has 160 valence electrons. The number of hydrogen-bond acceptors (Lipinski definition) is 6. The molecule has 1 saturated heterocycles. The number of ether oxygens (including phenoxy) is 1. The number of benzene rings is 2. The summed E-state index contributed by atoms with van der Waals surface area (Å²) < 4.78 is 18.4. The van der Waals surface area contributed by atoms with Gasteiger partial charge in [0.1, 0.15) is 16.6 Å². The number of anilines is 1. The number of likely N-dealkylation sites (tertiary alicyclic amines) is 1. The Bertz CT molecular complexity index is 1080. The molecule has 0 aliphatic carbocycles. The maximum atomic E-state index is 13.3. The number of halogens is 1. The molecule has 0 saturated carbocycles. The largest absolute Gasteiger partial charge is 0.497 e. The summed E-state index contributed by atoms with van der Waals surface area (Å²) in [5.41, 5.74) is 0.999. The molecule has 1 aliphatic heterocycles. The molecule has 1 fully saturated rings. The van der Waals surface area contributed by atoms with Crippen molar-refractivity contribution in [2.75, 3.05) is 25.5 Å². The van der Waals surface area contributed by atoms with E-state index in [9.17, 15) is 14.0 Å². The van der Waals surface area contributed by atoms with Crippen LogP contribution in [0.4, 0.5) is 10.1 Å². The summed E-state index contributed by atoms with van der Waals surface area (Å²) in [4.78, 5) is 26.9. The van der Waals surface area contributed by atoms with Gasteiger partial charge in [-0.3, -0.25) is 9.59 Å². The van der Waals surface area contributed by atoms with E-state index in [2.05, 4.69) is 15.5 Å². The predicted molar refractivity (Wildman–Crippen MR) is 115 cm³/mol. The van der Waals surface area contributed by atoms with Crippen molar-refractivity contribution in [1.29, 1.82) is 0 Å². The van der Waals surface area contributed by atoms with E-state index < -0.39 is 11.7 Å². The van der Waals surface area contributed by atoms with E-state index >= 15 is 0 Å². The van der Waals surface area contributed by atoms with Gasteiger partial charge in [0.05, 0.1) is 7.11 Å². The number of nitrogens with zero attached hydrogens (tertiary/aromatic N) is 3. The van der Waals surface area contributed by atoms with Gasteiger partial charge >= 0.3 is 0 Å². The molecule has 0 atom stereocenters. The van der Waals surface area contributed by atoms with Crippen molar-refractivity contribution in [3.05, 3.63) is 69.9 Å². The Labute approximate surface area is 182 Å². The van der Waals surface area contributed by atoms with E-state index in [0.29, 0.717) is 30.1 Å². The third-order valence-electron chi connectivity index (χ3n) is 5.19. The second-order valence-corrected chi connectivity index (χ2v) is 8.21. The van der Waals surface area contributed by atoms with Gasteiger partial charge in [0, 0.05) is 30.3 Å². The molecule has 1 N–H and O–H groups in total. The lowest BCUT2D eigenvalue weighted by atomic mass is 9.97. The first-order valence-electron chi connectivity index (χ1n) is 9.87. The summed E-state index contributed by atoms with van der Waals surface area (Å²) in [5, 5.41) is 11.8. The first-order valence-corrected chi connectivity index (χ1v) is 10.7. The Morgan fingerprint density at radius 3 is 2.55 bits per heavy atom. The summed E-state index contributed by atoms with van der Waals surface area (Å²) >= 11 is 1.24. The molecular formula is C22H21FN4O3S. The quantitative estimate of drug-likeness (QED) is 0.649. The van der Waals surface area contributed by atoms with Gasteiger partial charge in [0.2, 0.25) is 5.01 Å². The zero-order chi connectivity index (χ0) is 21.8. The second-order valence-electron chi connectivity index (χ2n) is 7.20. The lowest BCUT2D eigenvalue weighted by Crippen LogP contribution is -2.37. The summed E-state index contributed by atoms with van der Waals surface area (Å²) in [6, 6.07) is 12.8. The van der Waals surface area contributed by atoms with Crippen molar-refractivity contribution >= 4 is 28.8 Å². The van der Waals surface area contributed by atoms with Crippen molar-refractivity contribution in [3.8, 4) is 5.75 Å². The van der Waals surface area contributed by atoms with Gasteiger partial charge < -0.3 is 15.0 Å². The maximum Gasteiger partial charge on any atom is 0.286 e. The fourth-order valence-electron chi connectivity index (χ4n) is 3.49. The molecule has 0 spiro atoms. The van der Waals surface area contributed by atoms with Crippen LogP contribution < -0.4 is 10.1 Å². The molecule has 2 heterocycles. The van der Waals surface area contributed by atoms with Crippen LogP contribution in [-0.2, 0) is 0 Å². The Morgan fingerprint density at radius 2 is 1.87 bits per heavy atom. The van der Waals surface area contributed by atoms with Crippen molar-refractivity contribution in [2.45, 2.75) is 18.8 Å². The maximum absolute atomic E-state index is 13.3. The molecule has 0 unspecified atom stereocenters. The number of hydrogen-bond donors (Lipinski definition) is 1. The number of amides is 2. The summed E-state index contributed by atoms with van der Waals surface area (Å²) in [7, 11) is 1.59. The van der Waals surface area contributed by atoms with Gasteiger partial charge in [0.25, 0.3) is 11.8 Å². The van der Waals surface area contributed by atoms with E-state index in [0.717, 1.165) is 17.8 Å². The van der Waals surface area contributed by atoms with E-state index in [4.69, 9.17) is 4.74 Å². The first kappa shape index (κ1) is 20.9. The van der Waals surface area contributed by atoms with Crippen LogP contribution >= 0.6 is 11.3 Å². The molecule has 0 radical (unpaired) electrons. The molecule has 4 rings (SSSR count). The van der Waals surface area contributed by atoms with Gasteiger partial charge in [-0.05, 0) is 55.3 Å². The van der Waals surface area contributed by atoms with Crippen LogP contribution in [-0.4, -0.2) is 47.1 Å². The number of nitrogens with one attached hydrogen (secondary N) is 1. The standard InChI is InChI=1S/C22H21FN4O3S/c1-30-18-7-5-15(6-8-18)22(29)27-11-9-14(10-12-27)20-25-26-21(31-20)19(28)24-17-4-2-3-16(23)13-17/h2-8,13-14H,9-12H2,1H3,(H,24,28). The zero-order valence-electron chi connectivity index (χ0n) is 16.9. The number of rotatable bonds is 5. The smallest absolute Gasteiger partial charge is 0.286 e. The van der Waals surface area contributed by atoms with Crippen molar-refractivity contribution < 1.29 is 18.7 Å². The first-order chi connectivity index (χ1) is 15.0. The third kappa shape index (κ3) is 4.88. The Kier molecular flexibility index (Phi) is 6.22. The van der Waals surface area contributed by atoms with Gasteiger partial charge in [0.15, 0.2) is 0 Å². The van der Waals surface area contributed by atoms with Gasteiger partial charge in [-0.25, -0.2) is 4.39 Å². The Hall–Kier alpha value is -3.33. The number of carbonyl (C=O) groups excluding carboxylic acids is 2. The van der Waals surface area contributed by atoms with Crippen LogP contribution in [0.2, 0.25) is 0 Å². The van der Waals surface area contributed by atoms with Crippen molar-refractivity contribution in [1.82, 2.24) is 15.1 Å². The van der Waals surface area contributed by atoms with Crippen molar-refractivity contribution in [3.63, 3.8) is 0 Å². The molecule has 3 aromatic rings. The average Bonchev–Trinajstić information content (AvgIpc) is 3.29. The van der Waals surface area contributed by atoms with Crippen LogP contribution in [0.5, 0.6) is 5.75 Å². The average molecular weight is 441 g/mol. The predicted octanol–water partition coefficient (Wildman–Crippen LogP) is 3.96. The highest BCUT2D eigenvalue weighted by molar-refractivity contribution is 7.13. The van der Waals surface area contributed by atoms with Gasteiger partial charge in [-0.2, -0.15) is 0 Å². The molecule has 2 amide bonds. The van der Waals surface area contributed by atoms with E-state index in [-0.39, 0.29) is 16.8 Å². The molecular weight excluding hydrogens is 419 g/mol. The summed E-state index contributed by atoms with van der Waals surface area (Å²) in [5.74, 6) is 0.0126. The summed E-state index contributed by atoms with van der Waals surface area (Å²) in [6.07, 6.45) is 1.50. The number of aromatic nitrogens is 2. The molecule has 7 nitrogen and oxygen atoms in total. The number of carbonyl (C=O) groups is 2. The van der Waals surface area contributed by atoms with Gasteiger partial charge in [-0.15, -0.1) is 10.2 Å². The summed E-state index contributed by atoms with van der Waals surface area (Å²) in [6.45, 7) is 1.22. The van der Waals surface area contributed by atoms with Crippen LogP contribution in [0.3, 0.4) is 0 Å². The van der Waals surface area contributed by atoms with Crippen LogP contribution in [0.25, 0.3) is 0 Å². The zero-order valence-corrected chi connectivity index (χ0v) is 17.7. The highest BCUT2D eigenvalue weighted by atomic mass is 32.1. The molecule has 2 aromatic carbocycles. The molecule has 9 heteroatoms. The van der Waals surface area contributed by atoms with Crippen LogP contribution in [0.1, 0.15) is 43.9 Å². The molecule has 0 bridgehead atoms. The highest BCUT2D eigenvalue weighted by Gasteiger charge is 2.27. The second kappa shape index (κ2) is 9.22. The Balaban J connectivity index is 1.34. The van der Waals surface area contributed by atoms with Crippen LogP contribution in [0, 0.1) is 5.82 Å². The van der Waals surface area contributed by atoms with E-state index in [1.165, 1.54) is 29.5 Å². The SMILES string of the molecule is COc1ccc(C(=O)N2CCC(c3nnc(C(=O)Nc4cccc(F)c4)s3)CC2)cc1. The minimum Gasteiger partial charge on any atom is -0.497 e. The fourth-order valence-corrected chi connectivity index (χ4v) is 4.40. The number of methoxy groups -OCH3 is 1. The lowest BCUT2D eigenvalue weighted by Gasteiger charge is -2.31. The van der Waals surface area contributed by atoms with E-state index in [1.54, 1.807) is 37.4 Å². The molecule has 1 aromatic heterocycles. The monoisotopic (exact) mass is 440 g/mol. The topological polar surface area (TPSA) is 84.4 Å². The Morgan fingerprint density at radius 1 is 1.13 bits per heavy atom. The minimum absolute atomic E-state index is 0.00599. The normalized spacial score (nSPS) is 14.3.